The molecule has 2 aromatic rings. The van der Waals surface area contributed by atoms with Gasteiger partial charge in [0, 0.05) is 24.3 Å². The number of nitrogens with one attached hydrogen (secondary N) is 1. The number of carbonyl (C=O) groups excluding carboxylic acids is 1. The molecule has 0 bridgehead atoms. The van der Waals surface area contributed by atoms with E-state index in [9.17, 15) is 13.2 Å². The number of hydrogen-bond acceptors (Lipinski definition) is 6. The van der Waals surface area contributed by atoms with Gasteiger partial charge in [0.25, 0.3) is 5.91 Å². The Bertz CT molecular complexity index is 1020. The number of ether oxygens (including phenoxy) is 2. The molecule has 1 heterocycles. The standard InChI is InChI=1S/C19H19N3O5S/c1-26-17-6-5-15(19(23)21-16-4-2-3-14(11-16)13-20)12-18(17)28(24,25)22-7-9-27-10-8-22/h2-6,11-12H,7-10H2,1H3,(H,21,23). The molecule has 9 heteroatoms. The lowest BCUT2D eigenvalue weighted by Gasteiger charge is -2.26. The Morgan fingerprint density at radius 3 is 2.64 bits per heavy atom. The third-order valence-corrected chi connectivity index (χ3v) is 6.18. The lowest BCUT2D eigenvalue weighted by Crippen LogP contribution is -2.40. The van der Waals surface area contributed by atoms with Gasteiger partial charge >= 0.3 is 0 Å². The van der Waals surface area contributed by atoms with Crippen LogP contribution in [0.1, 0.15) is 15.9 Å². The summed E-state index contributed by atoms with van der Waals surface area (Å²) in [6.45, 7) is 1.11. The Balaban J connectivity index is 1.91. The van der Waals surface area contributed by atoms with Gasteiger partial charge < -0.3 is 14.8 Å². The number of hydrogen-bond donors (Lipinski definition) is 1. The first-order valence-electron chi connectivity index (χ1n) is 8.53. The van der Waals surface area contributed by atoms with E-state index in [0.29, 0.717) is 24.5 Å². The van der Waals surface area contributed by atoms with E-state index in [1.807, 2.05) is 6.07 Å². The molecule has 0 aromatic heterocycles. The zero-order valence-corrected chi connectivity index (χ0v) is 16.0. The van der Waals surface area contributed by atoms with Gasteiger partial charge in [-0.05, 0) is 36.4 Å². The summed E-state index contributed by atoms with van der Waals surface area (Å²) in [6.07, 6.45) is 0. The average molecular weight is 401 g/mol. The highest BCUT2D eigenvalue weighted by atomic mass is 32.2. The molecule has 0 atom stereocenters. The van der Waals surface area contributed by atoms with Crippen molar-refractivity contribution in [2.75, 3.05) is 38.7 Å². The van der Waals surface area contributed by atoms with Gasteiger partial charge in [-0.2, -0.15) is 9.57 Å². The highest BCUT2D eigenvalue weighted by Crippen LogP contribution is 2.28. The van der Waals surface area contributed by atoms with Gasteiger partial charge in [-0.3, -0.25) is 4.79 Å². The van der Waals surface area contributed by atoms with Gasteiger partial charge in [0.1, 0.15) is 10.6 Å². The number of carbonyl (C=O) groups is 1. The molecule has 1 aliphatic heterocycles. The lowest BCUT2D eigenvalue weighted by molar-refractivity contribution is 0.0729. The molecule has 0 radical (unpaired) electrons. The maximum Gasteiger partial charge on any atom is 0.255 e. The second kappa shape index (κ2) is 8.39. The number of anilines is 1. The Morgan fingerprint density at radius 2 is 1.96 bits per heavy atom. The third-order valence-electron chi connectivity index (χ3n) is 4.26. The molecule has 0 unspecified atom stereocenters. The number of nitrogens with zero attached hydrogens (tertiary/aromatic N) is 2. The predicted octanol–water partition coefficient (Wildman–Crippen LogP) is 1.84. The van der Waals surface area contributed by atoms with Gasteiger partial charge in [-0.15, -0.1) is 0 Å². The first-order chi connectivity index (χ1) is 13.5. The smallest absolute Gasteiger partial charge is 0.255 e. The Morgan fingerprint density at radius 1 is 1.21 bits per heavy atom. The van der Waals surface area contributed by atoms with Gasteiger partial charge in [-0.25, -0.2) is 8.42 Å². The summed E-state index contributed by atoms with van der Waals surface area (Å²) in [6, 6.07) is 12.7. The van der Waals surface area contributed by atoms with E-state index in [2.05, 4.69) is 5.32 Å². The molecule has 3 rings (SSSR count). The molecular weight excluding hydrogens is 382 g/mol. The van der Waals surface area contributed by atoms with Gasteiger partial charge in [0.2, 0.25) is 10.0 Å². The van der Waals surface area contributed by atoms with Crippen molar-refractivity contribution < 1.29 is 22.7 Å². The summed E-state index contributed by atoms with van der Waals surface area (Å²) in [5, 5.41) is 11.6. The fraction of sp³-hybridized carbons (Fsp3) is 0.263. The van der Waals surface area contributed by atoms with Crippen LogP contribution >= 0.6 is 0 Å². The van der Waals surface area contributed by atoms with Gasteiger partial charge in [0.15, 0.2) is 0 Å². The summed E-state index contributed by atoms with van der Waals surface area (Å²) in [5.41, 5.74) is 1.01. The van der Waals surface area contributed by atoms with Crippen LogP contribution in [0.15, 0.2) is 47.4 Å². The minimum atomic E-state index is -3.84. The summed E-state index contributed by atoms with van der Waals surface area (Å²) in [7, 11) is -2.46. The van der Waals surface area contributed by atoms with Crippen LogP contribution in [-0.4, -0.2) is 52.0 Å². The third kappa shape index (κ3) is 4.14. The molecule has 1 N–H and O–H groups in total. The summed E-state index contributed by atoms with van der Waals surface area (Å²) < 4.78 is 37.7. The lowest BCUT2D eigenvalue weighted by atomic mass is 10.2. The monoisotopic (exact) mass is 401 g/mol. The first-order valence-corrected chi connectivity index (χ1v) is 9.97. The highest BCUT2D eigenvalue weighted by molar-refractivity contribution is 7.89. The van der Waals surface area contributed by atoms with Crippen LogP contribution in [0, 0.1) is 11.3 Å². The Hall–Kier alpha value is -2.93. The van der Waals surface area contributed by atoms with Crippen LogP contribution in [0.2, 0.25) is 0 Å². The highest BCUT2D eigenvalue weighted by Gasteiger charge is 2.30. The van der Waals surface area contributed by atoms with Crippen LogP contribution in [0.3, 0.4) is 0 Å². The summed E-state index contributed by atoms with van der Waals surface area (Å²) in [4.78, 5) is 12.5. The molecule has 0 saturated carbocycles. The number of rotatable bonds is 5. The molecule has 0 aliphatic carbocycles. The Labute approximate surface area is 163 Å². The first kappa shape index (κ1) is 19.8. The minimum Gasteiger partial charge on any atom is -0.495 e. The molecule has 1 fully saturated rings. The van der Waals surface area contributed by atoms with Crippen LogP contribution < -0.4 is 10.1 Å². The molecule has 1 saturated heterocycles. The van der Waals surface area contributed by atoms with Crippen molar-refractivity contribution in [3.8, 4) is 11.8 Å². The molecular formula is C19H19N3O5S. The van der Waals surface area contributed by atoms with Crippen molar-refractivity contribution in [2.24, 2.45) is 0 Å². The van der Waals surface area contributed by atoms with Crippen molar-refractivity contribution in [1.29, 1.82) is 5.26 Å². The number of benzene rings is 2. The quantitative estimate of drug-likeness (QED) is 0.819. The summed E-state index contributed by atoms with van der Waals surface area (Å²) >= 11 is 0. The second-order valence-corrected chi connectivity index (χ2v) is 7.94. The van der Waals surface area contributed by atoms with Gasteiger partial charge in [-0.1, -0.05) is 6.07 Å². The zero-order valence-electron chi connectivity index (χ0n) is 15.2. The van der Waals surface area contributed by atoms with E-state index in [-0.39, 0.29) is 29.3 Å². The fourth-order valence-electron chi connectivity index (χ4n) is 2.82. The minimum absolute atomic E-state index is 0.0738. The van der Waals surface area contributed by atoms with E-state index in [1.54, 1.807) is 18.2 Å². The molecule has 2 aromatic carbocycles. The number of methoxy groups -OCH3 is 1. The largest absolute Gasteiger partial charge is 0.495 e. The summed E-state index contributed by atoms with van der Waals surface area (Å²) in [5.74, 6) is -0.328. The van der Waals surface area contributed by atoms with Crippen LogP contribution in [0.25, 0.3) is 0 Å². The molecule has 0 spiro atoms. The molecule has 1 amide bonds. The number of amides is 1. The molecule has 1 aliphatic rings. The maximum atomic E-state index is 13.0. The van der Waals surface area contributed by atoms with Crippen LogP contribution in [0.4, 0.5) is 5.69 Å². The van der Waals surface area contributed by atoms with Crippen molar-refractivity contribution >= 4 is 21.6 Å². The topological polar surface area (TPSA) is 109 Å². The van der Waals surface area contributed by atoms with Crippen molar-refractivity contribution in [1.82, 2.24) is 4.31 Å². The zero-order chi connectivity index (χ0) is 20.1. The number of nitriles is 1. The predicted molar refractivity (Wildman–Crippen MR) is 102 cm³/mol. The van der Waals surface area contributed by atoms with Crippen LogP contribution in [-0.2, 0) is 14.8 Å². The molecule has 8 nitrogen and oxygen atoms in total. The maximum absolute atomic E-state index is 13.0. The van der Waals surface area contributed by atoms with E-state index in [0.717, 1.165) is 0 Å². The van der Waals surface area contributed by atoms with E-state index in [1.165, 1.54) is 35.7 Å². The average Bonchev–Trinajstić information content (AvgIpc) is 2.74. The Kier molecular flexibility index (Phi) is 5.94. The molecule has 28 heavy (non-hydrogen) atoms. The number of morpholine rings is 1. The second-order valence-electron chi connectivity index (χ2n) is 6.03. The van der Waals surface area contributed by atoms with Gasteiger partial charge in [0.05, 0.1) is 32.0 Å². The van der Waals surface area contributed by atoms with Crippen LogP contribution in [0.5, 0.6) is 5.75 Å². The van der Waals surface area contributed by atoms with E-state index < -0.39 is 15.9 Å². The number of sulfonamides is 1. The fourth-order valence-corrected chi connectivity index (χ4v) is 4.40. The van der Waals surface area contributed by atoms with Crippen molar-refractivity contribution in [2.45, 2.75) is 4.90 Å². The van der Waals surface area contributed by atoms with Crippen molar-refractivity contribution in [3.63, 3.8) is 0 Å². The SMILES string of the molecule is COc1ccc(C(=O)Nc2cccc(C#N)c2)cc1S(=O)(=O)N1CCOCC1. The normalized spacial score (nSPS) is 14.9. The molecule has 146 valence electrons. The van der Waals surface area contributed by atoms with Crippen molar-refractivity contribution in [3.05, 3.63) is 53.6 Å². The van der Waals surface area contributed by atoms with E-state index in [4.69, 9.17) is 14.7 Å². The van der Waals surface area contributed by atoms with E-state index >= 15 is 0 Å².